The van der Waals surface area contributed by atoms with Crippen LogP contribution in [0.4, 0.5) is 0 Å². The molecule has 0 atom stereocenters. The van der Waals surface area contributed by atoms with Crippen molar-refractivity contribution in [1.82, 2.24) is 25.0 Å². The Hall–Kier alpha value is -3.68. The molecule has 0 fully saturated rings. The number of rotatable bonds is 6. The lowest BCUT2D eigenvalue weighted by Gasteiger charge is -2.27. The first kappa shape index (κ1) is 18.7. The van der Waals surface area contributed by atoms with Gasteiger partial charge in [-0.3, -0.25) is 19.3 Å². The van der Waals surface area contributed by atoms with Gasteiger partial charge in [0.1, 0.15) is 11.4 Å². The minimum Gasteiger partial charge on any atom is -0.497 e. The molecule has 1 aliphatic heterocycles. The number of hydrogen-bond donors (Lipinski definition) is 1. The maximum atomic E-state index is 12.9. The first-order valence-electron chi connectivity index (χ1n) is 9.31. The number of carbonyl (C=O) groups is 2. The highest BCUT2D eigenvalue weighted by molar-refractivity contribution is 5.98. The number of amides is 2. The third-order valence-electron chi connectivity index (χ3n) is 4.81. The molecular weight excluding hydrogens is 370 g/mol. The number of fused-ring (bicyclic) bond motifs is 1. The van der Waals surface area contributed by atoms with Gasteiger partial charge in [0.15, 0.2) is 5.69 Å². The maximum absolute atomic E-state index is 12.9. The lowest BCUT2D eigenvalue weighted by atomic mass is 10.1. The summed E-state index contributed by atoms with van der Waals surface area (Å²) >= 11 is 0. The second-order valence-corrected chi connectivity index (χ2v) is 6.76. The highest BCUT2D eigenvalue weighted by Crippen LogP contribution is 2.18. The second-order valence-electron chi connectivity index (χ2n) is 6.76. The molecule has 2 aromatic heterocycles. The third kappa shape index (κ3) is 4.11. The zero-order valence-electron chi connectivity index (χ0n) is 16.0. The number of hydrogen-bond acceptors (Lipinski definition) is 5. The van der Waals surface area contributed by atoms with Gasteiger partial charge < -0.3 is 15.0 Å². The van der Waals surface area contributed by atoms with E-state index < -0.39 is 0 Å². The quantitative estimate of drug-likeness (QED) is 0.693. The predicted molar refractivity (Wildman–Crippen MR) is 105 cm³/mol. The van der Waals surface area contributed by atoms with Crippen LogP contribution in [0.2, 0.25) is 0 Å². The van der Waals surface area contributed by atoms with E-state index >= 15 is 0 Å². The molecule has 0 aliphatic carbocycles. The van der Waals surface area contributed by atoms with Gasteiger partial charge >= 0.3 is 0 Å². The van der Waals surface area contributed by atoms with Crippen molar-refractivity contribution in [3.8, 4) is 5.75 Å². The molecule has 1 aromatic carbocycles. The van der Waals surface area contributed by atoms with Crippen LogP contribution in [-0.4, -0.2) is 45.1 Å². The van der Waals surface area contributed by atoms with Gasteiger partial charge in [0.25, 0.3) is 11.8 Å². The second kappa shape index (κ2) is 8.14. The molecule has 0 saturated carbocycles. The zero-order chi connectivity index (χ0) is 20.2. The van der Waals surface area contributed by atoms with E-state index in [1.54, 1.807) is 35.2 Å². The Balaban J connectivity index is 1.42. The van der Waals surface area contributed by atoms with Crippen LogP contribution in [0.5, 0.6) is 5.75 Å². The topological polar surface area (TPSA) is 89.3 Å². The van der Waals surface area contributed by atoms with Crippen LogP contribution in [0.1, 0.15) is 32.1 Å². The normalized spacial score (nSPS) is 13.1. The van der Waals surface area contributed by atoms with Crippen molar-refractivity contribution in [2.75, 3.05) is 13.7 Å². The van der Waals surface area contributed by atoms with Crippen molar-refractivity contribution in [2.24, 2.45) is 0 Å². The third-order valence-corrected chi connectivity index (χ3v) is 4.81. The van der Waals surface area contributed by atoms with E-state index in [1.807, 2.05) is 36.4 Å². The fourth-order valence-corrected chi connectivity index (χ4v) is 3.23. The van der Waals surface area contributed by atoms with E-state index in [9.17, 15) is 9.59 Å². The molecule has 0 unspecified atom stereocenters. The first-order chi connectivity index (χ1) is 14.1. The molecule has 0 spiro atoms. The summed E-state index contributed by atoms with van der Waals surface area (Å²) in [6.07, 6.45) is 3.37. The minimum absolute atomic E-state index is 0.133. The summed E-state index contributed by atoms with van der Waals surface area (Å²) in [5.74, 6) is 0.329. The van der Waals surface area contributed by atoms with Crippen LogP contribution in [0.3, 0.4) is 0 Å². The van der Waals surface area contributed by atoms with Gasteiger partial charge in [-0.25, -0.2) is 0 Å². The highest BCUT2D eigenvalue weighted by Gasteiger charge is 2.27. The monoisotopic (exact) mass is 391 g/mol. The van der Waals surface area contributed by atoms with E-state index in [0.717, 1.165) is 16.9 Å². The molecule has 0 radical (unpaired) electrons. The summed E-state index contributed by atoms with van der Waals surface area (Å²) in [6, 6.07) is 12.9. The first-order valence-corrected chi connectivity index (χ1v) is 9.31. The summed E-state index contributed by atoms with van der Waals surface area (Å²) < 4.78 is 6.77. The van der Waals surface area contributed by atoms with Gasteiger partial charge in [0.05, 0.1) is 13.7 Å². The van der Waals surface area contributed by atoms with Gasteiger partial charge in [0, 0.05) is 38.1 Å². The van der Waals surface area contributed by atoms with Crippen LogP contribution in [0, 0.1) is 0 Å². The summed E-state index contributed by atoms with van der Waals surface area (Å²) in [4.78, 5) is 31.1. The molecule has 3 heterocycles. The summed E-state index contributed by atoms with van der Waals surface area (Å²) in [7, 11) is 1.62. The Labute approximate surface area is 168 Å². The molecule has 8 nitrogen and oxygen atoms in total. The molecular formula is C21H21N5O3. The molecule has 148 valence electrons. The van der Waals surface area contributed by atoms with Gasteiger partial charge in [-0.1, -0.05) is 18.2 Å². The van der Waals surface area contributed by atoms with Crippen molar-refractivity contribution in [3.05, 3.63) is 77.4 Å². The summed E-state index contributed by atoms with van der Waals surface area (Å²) in [6.45, 7) is 1.94. The zero-order valence-corrected chi connectivity index (χ0v) is 16.0. The number of nitrogens with zero attached hydrogens (tertiary/aromatic N) is 4. The number of nitrogens with one attached hydrogen (secondary N) is 1. The van der Waals surface area contributed by atoms with Crippen molar-refractivity contribution in [2.45, 2.75) is 19.6 Å². The van der Waals surface area contributed by atoms with Crippen molar-refractivity contribution < 1.29 is 14.3 Å². The predicted octanol–water partition coefficient (Wildman–Crippen LogP) is 1.87. The molecule has 4 rings (SSSR count). The summed E-state index contributed by atoms with van der Waals surface area (Å²) in [5, 5.41) is 7.11. The molecule has 1 N–H and O–H groups in total. The Morgan fingerprint density at radius 1 is 1.17 bits per heavy atom. The number of benzene rings is 1. The van der Waals surface area contributed by atoms with Crippen molar-refractivity contribution in [1.29, 1.82) is 0 Å². The smallest absolute Gasteiger partial charge is 0.272 e. The number of aromatic nitrogens is 3. The molecule has 0 saturated heterocycles. The van der Waals surface area contributed by atoms with Crippen LogP contribution >= 0.6 is 0 Å². The maximum Gasteiger partial charge on any atom is 0.272 e. The van der Waals surface area contributed by atoms with E-state index in [4.69, 9.17) is 4.74 Å². The Kier molecular flexibility index (Phi) is 5.24. The number of carbonyl (C=O) groups excluding carboxylic acids is 2. The molecule has 1 aliphatic rings. The van der Waals surface area contributed by atoms with Crippen molar-refractivity contribution >= 4 is 11.8 Å². The average molecular weight is 391 g/mol. The Morgan fingerprint density at radius 3 is 2.72 bits per heavy atom. The lowest BCUT2D eigenvalue weighted by molar-refractivity contribution is 0.0683. The van der Waals surface area contributed by atoms with Crippen LogP contribution < -0.4 is 10.1 Å². The molecule has 2 amide bonds. The molecule has 0 bridgehead atoms. The minimum atomic E-state index is -0.315. The fraction of sp³-hybridized carbons (Fsp3) is 0.238. The number of ether oxygens (including phenoxy) is 1. The standard InChI is InChI=1S/C21H21N5O3/c1-29-17-6-4-15(5-7-17)14-25-9-10-26-19(21(25)28)11-18(24-26)20(27)23-13-16-3-2-8-22-12-16/h2-8,11-12H,9-10,13-14H2,1H3,(H,23,27). The SMILES string of the molecule is COc1ccc(CN2CCn3nc(C(=O)NCc4cccnc4)cc3C2=O)cc1. The highest BCUT2D eigenvalue weighted by atomic mass is 16.5. The lowest BCUT2D eigenvalue weighted by Crippen LogP contribution is -2.39. The number of pyridine rings is 1. The van der Waals surface area contributed by atoms with Gasteiger partial charge in [-0.2, -0.15) is 5.10 Å². The van der Waals surface area contributed by atoms with Crippen molar-refractivity contribution in [3.63, 3.8) is 0 Å². The Bertz CT molecular complexity index is 1010. The molecule has 8 heteroatoms. The summed E-state index contributed by atoms with van der Waals surface area (Å²) in [5.41, 5.74) is 2.58. The van der Waals surface area contributed by atoms with Gasteiger partial charge in [-0.15, -0.1) is 0 Å². The largest absolute Gasteiger partial charge is 0.497 e. The van der Waals surface area contributed by atoms with E-state index in [1.165, 1.54) is 0 Å². The van der Waals surface area contributed by atoms with Gasteiger partial charge in [-0.05, 0) is 29.3 Å². The van der Waals surface area contributed by atoms with E-state index in [-0.39, 0.29) is 17.5 Å². The average Bonchev–Trinajstić information content (AvgIpc) is 3.21. The Morgan fingerprint density at radius 2 is 2.00 bits per heavy atom. The van der Waals surface area contributed by atoms with E-state index in [0.29, 0.717) is 31.9 Å². The van der Waals surface area contributed by atoms with Crippen LogP contribution in [0.25, 0.3) is 0 Å². The molecule has 3 aromatic rings. The van der Waals surface area contributed by atoms with E-state index in [2.05, 4.69) is 15.4 Å². The fourth-order valence-electron chi connectivity index (χ4n) is 3.23. The molecule has 29 heavy (non-hydrogen) atoms. The van der Waals surface area contributed by atoms with Crippen LogP contribution in [-0.2, 0) is 19.6 Å². The van der Waals surface area contributed by atoms with Crippen LogP contribution in [0.15, 0.2) is 54.9 Å². The number of methoxy groups -OCH3 is 1. The van der Waals surface area contributed by atoms with Gasteiger partial charge in [0.2, 0.25) is 0 Å².